The molecule has 0 radical (unpaired) electrons. The van der Waals surface area contributed by atoms with Crippen LogP contribution in [0.2, 0.25) is 0 Å². The first-order valence-electron chi connectivity index (χ1n) is 6.39. The number of benzene rings is 2. The Morgan fingerprint density at radius 1 is 1.20 bits per heavy atom. The summed E-state index contributed by atoms with van der Waals surface area (Å²) in [6.07, 6.45) is 0.264. The smallest absolute Gasteiger partial charge is 0.137 e. The van der Waals surface area contributed by atoms with Gasteiger partial charge in [-0.05, 0) is 53.0 Å². The molecule has 0 aliphatic carbocycles. The molecule has 1 atom stereocenters. The average Bonchev–Trinajstić information content (AvgIpc) is 2.41. The van der Waals surface area contributed by atoms with Gasteiger partial charge in [0.1, 0.15) is 18.2 Å². The van der Waals surface area contributed by atoms with Crippen LogP contribution >= 0.6 is 15.9 Å². The van der Waals surface area contributed by atoms with Crippen LogP contribution < -0.4 is 4.74 Å². The number of halogens is 2. The lowest BCUT2D eigenvalue weighted by molar-refractivity contribution is 0.195. The van der Waals surface area contributed by atoms with Crippen LogP contribution in [0.4, 0.5) is 4.39 Å². The first-order chi connectivity index (χ1) is 9.56. The van der Waals surface area contributed by atoms with Crippen LogP contribution in [-0.4, -0.2) is 11.2 Å². The highest BCUT2D eigenvalue weighted by Crippen LogP contribution is 2.22. The van der Waals surface area contributed by atoms with E-state index in [0.717, 1.165) is 16.9 Å². The van der Waals surface area contributed by atoms with Crippen LogP contribution in [0.3, 0.4) is 0 Å². The molecular formula is C16H16BrFO2. The molecule has 2 aromatic rings. The Hall–Kier alpha value is -1.39. The van der Waals surface area contributed by atoms with E-state index in [1.165, 1.54) is 6.07 Å². The molecule has 2 rings (SSSR count). The summed E-state index contributed by atoms with van der Waals surface area (Å²) >= 11 is 3.21. The fourth-order valence-corrected chi connectivity index (χ4v) is 2.26. The van der Waals surface area contributed by atoms with Crippen molar-refractivity contribution in [3.63, 3.8) is 0 Å². The van der Waals surface area contributed by atoms with Crippen LogP contribution in [0.15, 0.2) is 46.9 Å². The zero-order chi connectivity index (χ0) is 14.5. The average molecular weight is 339 g/mol. The van der Waals surface area contributed by atoms with Crippen molar-refractivity contribution in [1.82, 2.24) is 0 Å². The van der Waals surface area contributed by atoms with Gasteiger partial charge >= 0.3 is 0 Å². The number of hydrogen-bond donors (Lipinski definition) is 1. The first-order valence-corrected chi connectivity index (χ1v) is 7.18. The Morgan fingerprint density at radius 3 is 2.55 bits per heavy atom. The fourth-order valence-electron chi connectivity index (χ4n) is 1.88. The van der Waals surface area contributed by atoms with Gasteiger partial charge in [-0.25, -0.2) is 4.39 Å². The van der Waals surface area contributed by atoms with E-state index in [2.05, 4.69) is 15.9 Å². The highest BCUT2D eigenvalue weighted by molar-refractivity contribution is 9.10. The lowest BCUT2D eigenvalue weighted by atomic mass is 10.1. The molecule has 0 saturated heterocycles. The molecule has 0 aliphatic heterocycles. The van der Waals surface area contributed by atoms with Crippen LogP contribution in [0.25, 0.3) is 0 Å². The van der Waals surface area contributed by atoms with E-state index in [4.69, 9.17) is 4.74 Å². The van der Waals surface area contributed by atoms with E-state index >= 15 is 0 Å². The normalized spacial score (nSPS) is 12.2. The van der Waals surface area contributed by atoms with Crippen molar-refractivity contribution in [3.05, 3.63) is 63.9 Å². The van der Waals surface area contributed by atoms with E-state index < -0.39 is 0 Å². The Labute approximate surface area is 126 Å². The molecule has 0 aliphatic rings. The van der Waals surface area contributed by atoms with Crippen LogP contribution in [0.1, 0.15) is 18.1 Å². The van der Waals surface area contributed by atoms with Crippen LogP contribution in [0.5, 0.6) is 5.75 Å². The van der Waals surface area contributed by atoms with Crippen molar-refractivity contribution in [1.29, 1.82) is 0 Å². The summed E-state index contributed by atoms with van der Waals surface area (Å²) in [5, 5.41) is 9.31. The summed E-state index contributed by atoms with van der Waals surface area (Å²) in [5.41, 5.74) is 1.82. The maximum atomic E-state index is 13.4. The first kappa shape index (κ1) is 15.0. The summed E-state index contributed by atoms with van der Waals surface area (Å²) in [6, 6.07) is 12.4. The summed E-state index contributed by atoms with van der Waals surface area (Å²) in [5.74, 6) is 0.425. The van der Waals surface area contributed by atoms with Crippen molar-refractivity contribution in [2.24, 2.45) is 0 Å². The van der Waals surface area contributed by atoms with Gasteiger partial charge in [0, 0.05) is 5.56 Å². The molecule has 1 unspecified atom stereocenters. The van der Waals surface area contributed by atoms with Gasteiger partial charge in [0.2, 0.25) is 0 Å². The fraction of sp³-hybridized carbons (Fsp3) is 0.250. The van der Waals surface area contributed by atoms with Gasteiger partial charge in [0.05, 0.1) is 10.6 Å². The van der Waals surface area contributed by atoms with Gasteiger partial charge in [-0.3, -0.25) is 0 Å². The quantitative estimate of drug-likeness (QED) is 0.889. The molecule has 1 N–H and O–H groups in total. The minimum atomic E-state index is -0.356. The van der Waals surface area contributed by atoms with E-state index in [9.17, 15) is 9.50 Å². The van der Waals surface area contributed by atoms with Crippen LogP contribution in [0, 0.1) is 5.82 Å². The second-order valence-electron chi connectivity index (χ2n) is 4.70. The number of rotatable bonds is 5. The standard InChI is InChI=1S/C16H16BrFO2/c1-11(19)9-12-5-7-14(8-6-12)20-10-13-3-2-4-15(18)16(13)17/h2-8,11,19H,9-10H2,1H3. The van der Waals surface area contributed by atoms with Gasteiger partial charge in [0.15, 0.2) is 0 Å². The molecule has 2 aromatic carbocycles. The van der Waals surface area contributed by atoms with Gasteiger partial charge in [-0.1, -0.05) is 24.3 Å². The molecule has 4 heteroatoms. The van der Waals surface area contributed by atoms with Gasteiger partial charge in [-0.15, -0.1) is 0 Å². The Bertz CT molecular complexity index is 567. The summed E-state index contributed by atoms with van der Waals surface area (Å²) in [7, 11) is 0. The van der Waals surface area contributed by atoms with Gasteiger partial charge < -0.3 is 9.84 Å². The Kier molecular flexibility index (Phi) is 5.15. The molecule has 0 aromatic heterocycles. The van der Waals surface area contributed by atoms with Crippen molar-refractivity contribution in [2.45, 2.75) is 26.1 Å². The maximum Gasteiger partial charge on any atom is 0.137 e. The van der Waals surface area contributed by atoms with Crippen molar-refractivity contribution < 1.29 is 14.2 Å². The third-order valence-electron chi connectivity index (χ3n) is 2.88. The van der Waals surface area contributed by atoms with Gasteiger partial charge in [-0.2, -0.15) is 0 Å². The molecule has 0 heterocycles. The Morgan fingerprint density at radius 2 is 1.90 bits per heavy atom. The minimum absolute atomic E-state index is 0.293. The number of aliphatic hydroxyl groups excluding tert-OH is 1. The molecule has 0 bridgehead atoms. The van der Waals surface area contributed by atoms with E-state index in [1.807, 2.05) is 30.3 Å². The molecular weight excluding hydrogens is 323 g/mol. The largest absolute Gasteiger partial charge is 0.489 e. The minimum Gasteiger partial charge on any atom is -0.489 e. The van der Waals surface area contributed by atoms with E-state index in [0.29, 0.717) is 17.5 Å². The molecule has 20 heavy (non-hydrogen) atoms. The second kappa shape index (κ2) is 6.86. The summed E-state index contributed by atoms with van der Waals surface area (Å²) in [4.78, 5) is 0. The second-order valence-corrected chi connectivity index (χ2v) is 5.49. The molecule has 0 spiro atoms. The summed E-state index contributed by atoms with van der Waals surface area (Å²) in [6.45, 7) is 2.06. The predicted molar refractivity (Wildman–Crippen MR) is 80.3 cm³/mol. The lowest BCUT2D eigenvalue weighted by Crippen LogP contribution is -2.04. The van der Waals surface area contributed by atoms with Crippen molar-refractivity contribution in [3.8, 4) is 5.75 Å². The lowest BCUT2D eigenvalue weighted by Gasteiger charge is -2.09. The maximum absolute atomic E-state index is 13.4. The van der Waals surface area contributed by atoms with Crippen LogP contribution in [-0.2, 0) is 13.0 Å². The highest BCUT2D eigenvalue weighted by atomic mass is 79.9. The number of ether oxygens (including phenoxy) is 1. The predicted octanol–water partition coefficient (Wildman–Crippen LogP) is 4.09. The third-order valence-corrected chi connectivity index (χ3v) is 3.77. The number of aliphatic hydroxyl groups is 1. The third kappa shape index (κ3) is 4.05. The van der Waals surface area contributed by atoms with Gasteiger partial charge in [0.25, 0.3) is 0 Å². The zero-order valence-corrected chi connectivity index (χ0v) is 12.7. The zero-order valence-electron chi connectivity index (χ0n) is 11.1. The van der Waals surface area contributed by atoms with E-state index in [-0.39, 0.29) is 11.9 Å². The van der Waals surface area contributed by atoms with Crippen molar-refractivity contribution >= 4 is 15.9 Å². The number of hydrogen-bond acceptors (Lipinski definition) is 2. The summed E-state index contributed by atoms with van der Waals surface area (Å²) < 4.78 is 19.4. The van der Waals surface area contributed by atoms with E-state index in [1.54, 1.807) is 13.0 Å². The molecule has 2 nitrogen and oxygen atoms in total. The van der Waals surface area contributed by atoms with Crippen molar-refractivity contribution in [2.75, 3.05) is 0 Å². The molecule has 0 saturated carbocycles. The molecule has 0 fully saturated rings. The Balaban J connectivity index is 1.99. The SMILES string of the molecule is CC(O)Cc1ccc(OCc2cccc(F)c2Br)cc1. The molecule has 106 valence electrons. The highest BCUT2D eigenvalue weighted by Gasteiger charge is 2.06. The topological polar surface area (TPSA) is 29.5 Å². The monoisotopic (exact) mass is 338 g/mol. The molecule has 0 amide bonds.